The van der Waals surface area contributed by atoms with Gasteiger partial charge in [-0.25, -0.2) is 14.4 Å². The van der Waals surface area contributed by atoms with Crippen LogP contribution in [-0.4, -0.2) is 64.9 Å². The van der Waals surface area contributed by atoms with Gasteiger partial charge in [0.15, 0.2) is 0 Å². The number of halogens is 2. The molecule has 2 N–H and O–H groups in total. The summed E-state index contributed by atoms with van der Waals surface area (Å²) in [6.07, 6.45) is -5.07. The molecule has 1 aromatic heterocycles. The van der Waals surface area contributed by atoms with Crippen LogP contribution in [0.1, 0.15) is 6.23 Å². The van der Waals surface area contributed by atoms with Gasteiger partial charge in [-0.1, -0.05) is 25.3 Å². The van der Waals surface area contributed by atoms with Gasteiger partial charge in [-0.05, 0) is 6.07 Å². The molecular formula is C17H19F2N3O8. The second-order valence-electron chi connectivity index (χ2n) is 5.79. The normalized spacial score (nSPS) is 22.0. The molecule has 3 atom stereocenters. The van der Waals surface area contributed by atoms with Crippen LogP contribution in [0.5, 0.6) is 0 Å². The molecule has 1 amide bonds. The van der Waals surface area contributed by atoms with Crippen LogP contribution >= 0.6 is 0 Å². The predicted octanol–water partition coefficient (Wildman–Crippen LogP) is 1.21. The number of nitrogens with zero attached hydrogens (tertiary/aromatic N) is 2. The third-order valence-corrected chi connectivity index (χ3v) is 3.72. The first-order valence-electron chi connectivity index (χ1n) is 8.46. The van der Waals surface area contributed by atoms with Crippen molar-refractivity contribution in [2.45, 2.75) is 24.4 Å². The average Bonchev–Trinajstić information content (AvgIpc) is 2.95. The summed E-state index contributed by atoms with van der Waals surface area (Å²) in [7, 11) is 0. The first-order valence-corrected chi connectivity index (χ1v) is 8.46. The summed E-state index contributed by atoms with van der Waals surface area (Å²) in [5, 5.41) is 11.5. The molecule has 2 heterocycles. The molecule has 11 nitrogen and oxygen atoms in total. The number of carbonyl (C=O) groups is 2. The highest BCUT2D eigenvalue weighted by Gasteiger charge is 2.62. The highest BCUT2D eigenvalue weighted by atomic mass is 19.3. The lowest BCUT2D eigenvalue weighted by Crippen LogP contribution is -2.44. The van der Waals surface area contributed by atoms with E-state index in [1.54, 1.807) is 0 Å². The Bertz CT molecular complexity index is 860. The molecule has 0 saturated carbocycles. The van der Waals surface area contributed by atoms with Gasteiger partial charge in [0, 0.05) is 6.20 Å². The van der Waals surface area contributed by atoms with Crippen LogP contribution in [0.15, 0.2) is 42.4 Å². The number of carbonyl (C=O) groups excluding carboxylic acids is 2. The molecule has 1 aliphatic heterocycles. The molecule has 0 bridgehead atoms. The van der Waals surface area contributed by atoms with Crippen LogP contribution in [0.3, 0.4) is 0 Å². The van der Waals surface area contributed by atoms with Crippen molar-refractivity contribution in [2.24, 2.45) is 0 Å². The van der Waals surface area contributed by atoms with Gasteiger partial charge in [-0.3, -0.25) is 9.88 Å². The molecule has 13 heteroatoms. The highest BCUT2D eigenvalue weighted by molar-refractivity contribution is 5.83. The molecule has 0 aromatic carbocycles. The number of aliphatic hydroxyl groups is 1. The minimum Gasteiger partial charge on any atom is -0.445 e. The summed E-state index contributed by atoms with van der Waals surface area (Å²) < 4.78 is 48.9. The van der Waals surface area contributed by atoms with Crippen LogP contribution < -0.4 is 11.0 Å². The topological polar surface area (TPSA) is 138 Å². The maximum absolute atomic E-state index is 14.8. The number of rotatable bonds is 8. The third-order valence-electron chi connectivity index (χ3n) is 3.72. The number of hydrogen-bond donors (Lipinski definition) is 2. The van der Waals surface area contributed by atoms with Crippen LogP contribution in [0.2, 0.25) is 0 Å². The van der Waals surface area contributed by atoms with E-state index >= 15 is 0 Å². The van der Waals surface area contributed by atoms with Gasteiger partial charge in [-0.15, -0.1) is 0 Å². The Morgan fingerprint density at radius 1 is 1.33 bits per heavy atom. The lowest BCUT2D eigenvalue weighted by atomic mass is 10.1. The highest BCUT2D eigenvalue weighted by Crippen LogP contribution is 2.43. The molecule has 1 unspecified atom stereocenters. The van der Waals surface area contributed by atoms with Crippen molar-refractivity contribution in [1.82, 2.24) is 9.55 Å². The lowest BCUT2D eigenvalue weighted by molar-refractivity contribution is -0.146. The van der Waals surface area contributed by atoms with Crippen molar-refractivity contribution in [3.05, 3.63) is 48.1 Å². The average molecular weight is 431 g/mol. The number of nitrogens with one attached hydrogen (secondary N) is 1. The second-order valence-corrected chi connectivity index (χ2v) is 5.79. The molecule has 1 fully saturated rings. The summed E-state index contributed by atoms with van der Waals surface area (Å²) in [6.45, 7) is 5.35. The van der Waals surface area contributed by atoms with E-state index in [0.29, 0.717) is 4.57 Å². The molecule has 164 valence electrons. The number of anilines is 1. The Balaban J connectivity index is 2.20. The standard InChI is InChI=1S/C17H19F2N3O8/c1-3-7-27-15(25)21-11-5-6-22(14(24)20-11)13-17(18,19)12(10(9-23)29-13)30-16(26)28-8-4-2/h3-6,10,12-13,23H,1-2,7-9H2,(H,20,21,24,25)/t10-,12?,13-/m1/s1. The first-order chi connectivity index (χ1) is 14.2. The van der Waals surface area contributed by atoms with E-state index in [1.165, 1.54) is 12.2 Å². The summed E-state index contributed by atoms with van der Waals surface area (Å²) >= 11 is 0. The summed E-state index contributed by atoms with van der Waals surface area (Å²) in [5.74, 6) is -4.18. The Hall–Kier alpha value is -3.32. The molecule has 30 heavy (non-hydrogen) atoms. The summed E-state index contributed by atoms with van der Waals surface area (Å²) in [6, 6.07) is 1.05. The number of alkyl halides is 2. The van der Waals surface area contributed by atoms with Crippen LogP contribution in [0.25, 0.3) is 0 Å². The van der Waals surface area contributed by atoms with Gasteiger partial charge in [0.1, 0.15) is 25.1 Å². The maximum atomic E-state index is 14.8. The van der Waals surface area contributed by atoms with E-state index in [0.717, 1.165) is 12.3 Å². The molecule has 0 aliphatic carbocycles. The monoisotopic (exact) mass is 431 g/mol. The van der Waals surface area contributed by atoms with E-state index in [9.17, 15) is 28.3 Å². The van der Waals surface area contributed by atoms with Gasteiger partial charge in [0.2, 0.25) is 12.3 Å². The third kappa shape index (κ3) is 5.18. The zero-order valence-corrected chi connectivity index (χ0v) is 15.5. The van der Waals surface area contributed by atoms with Crippen molar-refractivity contribution in [2.75, 3.05) is 25.1 Å². The fraction of sp³-hybridized carbons (Fsp3) is 0.412. The Morgan fingerprint density at radius 2 is 2.00 bits per heavy atom. The van der Waals surface area contributed by atoms with Crippen molar-refractivity contribution >= 4 is 18.1 Å². The van der Waals surface area contributed by atoms with Crippen molar-refractivity contribution in [3.8, 4) is 0 Å². The van der Waals surface area contributed by atoms with Crippen LogP contribution in [0, 0.1) is 0 Å². The van der Waals surface area contributed by atoms with E-state index in [2.05, 4.69) is 37.7 Å². The molecular weight excluding hydrogens is 412 g/mol. The Morgan fingerprint density at radius 3 is 2.60 bits per heavy atom. The van der Waals surface area contributed by atoms with Crippen LogP contribution in [-0.2, 0) is 18.9 Å². The smallest absolute Gasteiger partial charge is 0.445 e. The van der Waals surface area contributed by atoms with E-state index in [-0.39, 0.29) is 19.0 Å². The number of amides is 1. The predicted molar refractivity (Wildman–Crippen MR) is 96.0 cm³/mol. The van der Waals surface area contributed by atoms with E-state index < -0.39 is 48.9 Å². The van der Waals surface area contributed by atoms with Gasteiger partial charge in [-0.2, -0.15) is 13.8 Å². The summed E-state index contributed by atoms with van der Waals surface area (Å²) in [4.78, 5) is 38.7. The molecule has 0 spiro atoms. The van der Waals surface area contributed by atoms with Crippen molar-refractivity contribution < 1.29 is 42.4 Å². The molecule has 0 radical (unpaired) electrons. The minimum atomic E-state index is -3.93. The Labute approximate surface area is 168 Å². The SMILES string of the molecule is C=CCOC(=O)Nc1ccn([C@@H]2O[C@H](CO)C(OC(=O)OCC=C)C2(F)F)c(=O)n1. The fourth-order valence-corrected chi connectivity index (χ4v) is 2.46. The van der Waals surface area contributed by atoms with Gasteiger partial charge in [0.05, 0.1) is 6.61 Å². The van der Waals surface area contributed by atoms with E-state index in [4.69, 9.17) is 4.74 Å². The van der Waals surface area contributed by atoms with Gasteiger partial charge in [0.25, 0.3) is 0 Å². The number of aliphatic hydroxyl groups excluding tert-OH is 1. The number of ether oxygens (including phenoxy) is 4. The lowest BCUT2D eigenvalue weighted by Gasteiger charge is -2.23. The zero-order chi connectivity index (χ0) is 22.3. The molecule has 1 saturated heterocycles. The molecule has 1 aliphatic rings. The number of hydrogen-bond acceptors (Lipinski definition) is 9. The first kappa shape index (κ1) is 23.0. The largest absolute Gasteiger partial charge is 0.509 e. The quantitative estimate of drug-likeness (QED) is 0.459. The fourth-order valence-electron chi connectivity index (χ4n) is 2.46. The van der Waals surface area contributed by atoms with Crippen LogP contribution in [0.4, 0.5) is 24.2 Å². The molecule has 2 rings (SSSR count). The van der Waals surface area contributed by atoms with Gasteiger partial charge < -0.3 is 24.1 Å². The molecule has 1 aromatic rings. The second kappa shape index (κ2) is 9.93. The minimum absolute atomic E-state index is 0.0930. The van der Waals surface area contributed by atoms with Crippen molar-refractivity contribution in [3.63, 3.8) is 0 Å². The van der Waals surface area contributed by atoms with Gasteiger partial charge >= 0.3 is 23.9 Å². The zero-order valence-electron chi connectivity index (χ0n) is 15.5. The maximum Gasteiger partial charge on any atom is 0.509 e. The summed E-state index contributed by atoms with van der Waals surface area (Å²) in [5.41, 5.74) is -1.20. The van der Waals surface area contributed by atoms with Crippen molar-refractivity contribution in [1.29, 1.82) is 0 Å². The van der Waals surface area contributed by atoms with E-state index in [1.807, 2.05) is 0 Å². The number of aromatic nitrogens is 2. The Kier molecular flexibility index (Phi) is 7.60.